The summed E-state index contributed by atoms with van der Waals surface area (Å²) in [6.07, 6.45) is 5.35. The minimum absolute atomic E-state index is 0.157. The number of ether oxygens (including phenoxy) is 1. The van der Waals surface area contributed by atoms with Gasteiger partial charge in [-0.2, -0.15) is 0 Å². The molecule has 4 heteroatoms. The molecule has 2 aliphatic rings. The SMILES string of the molecule is O=C(Nc1cccc(NC2CCCOCC2)c1)C1CC1. The normalized spacial score (nSPS) is 22.9. The summed E-state index contributed by atoms with van der Waals surface area (Å²) in [5.74, 6) is 0.399. The van der Waals surface area contributed by atoms with Gasteiger partial charge in [0.1, 0.15) is 0 Å². The van der Waals surface area contributed by atoms with Gasteiger partial charge in [0.25, 0.3) is 0 Å². The van der Waals surface area contributed by atoms with Gasteiger partial charge in [-0.3, -0.25) is 4.79 Å². The van der Waals surface area contributed by atoms with Crippen LogP contribution >= 0.6 is 0 Å². The molecular formula is C16H22N2O2. The summed E-state index contributed by atoms with van der Waals surface area (Å²) in [5.41, 5.74) is 1.96. The van der Waals surface area contributed by atoms with E-state index < -0.39 is 0 Å². The monoisotopic (exact) mass is 274 g/mol. The number of hydrogen-bond donors (Lipinski definition) is 2. The Morgan fingerprint density at radius 2 is 1.95 bits per heavy atom. The predicted octanol–water partition coefficient (Wildman–Crippen LogP) is 3.02. The first-order valence-electron chi connectivity index (χ1n) is 7.56. The zero-order chi connectivity index (χ0) is 13.8. The topological polar surface area (TPSA) is 50.4 Å². The largest absolute Gasteiger partial charge is 0.382 e. The van der Waals surface area contributed by atoms with E-state index in [9.17, 15) is 4.79 Å². The van der Waals surface area contributed by atoms with Crippen molar-refractivity contribution in [1.82, 2.24) is 0 Å². The van der Waals surface area contributed by atoms with Gasteiger partial charge in [-0.05, 0) is 50.3 Å². The molecule has 0 spiro atoms. The van der Waals surface area contributed by atoms with E-state index in [0.29, 0.717) is 6.04 Å². The van der Waals surface area contributed by atoms with Gasteiger partial charge >= 0.3 is 0 Å². The molecule has 0 bridgehead atoms. The van der Waals surface area contributed by atoms with Crippen molar-refractivity contribution in [2.75, 3.05) is 23.8 Å². The molecule has 1 atom stereocenters. The lowest BCUT2D eigenvalue weighted by Gasteiger charge is -2.17. The molecule has 1 heterocycles. The van der Waals surface area contributed by atoms with Crippen LogP contribution in [0.5, 0.6) is 0 Å². The van der Waals surface area contributed by atoms with Crippen LogP contribution in [0.4, 0.5) is 11.4 Å². The van der Waals surface area contributed by atoms with Crippen molar-refractivity contribution in [3.05, 3.63) is 24.3 Å². The quantitative estimate of drug-likeness (QED) is 0.887. The molecule has 1 aliphatic carbocycles. The van der Waals surface area contributed by atoms with Gasteiger partial charge in [-0.25, -0.2) is 0 Å². The van der Waals surface area contributed by atoms with Crippen molar-refractivity contribution < 1.29 is 9.53 Å². The Bertz CT molecular complexity index is 463. The van der Waals surface area contributed by atoms with Crippen LogP contribution in [0.15, 0.2) is 24.3 Å². The molecule has 108 valence electrons. The summed E-state index contributed by atoms with van der Waals surface area (Å²) in [5, 5.41) is 6.54. The van der Waals surface area contributed by atoms with Crippen LogP contribution in [0.2, 0.25) is 0 Å². The molecule has 0 radical (unpaired) electrons. The maximum atomic E-state index is 11.8. The Hall–Kier alpha value is -1.55. The third-order valence-corrected chi connectivity index (χ3v) is 3.90. The second-order valence-corrected chi connectivity index (χ2v) is 5.73. The molecule has 1 unspecified atom stereocenters. The number of carbonyl (C=O) groups excluding carboxylic acids is 1. The van der Waals surface area contributed by atoms with Gasteiger partial charge in [0.15, 0.2) is 0 Å². The van der Waals surface area contributed by atoms with Gasteiger partial charge in [0.2, 0.25) is 5.91 Å². The number of carbonyl (C=O) groups is 1. The Morgan fingerprint density at radius 3 is 2.80 bits per heavy atom. The number of rotatable bonds is 4. The zero-order valence-electron chi connectivity index (χ0n) is 11.7. The van der Waals surface area contributed by atoms with E-state index in [1.165, 1.54) is 0 Å². The molecular weight excluding hydrogens is 252 g/mol. The number of hydrogen-bond acceptors (Lipinski definition) is 3. The standard InChI is InChI=1S/C16H22N2O2/c19-16(12-6-7-12)18-15-4-1-3-14(11-15)17-13-5-2-9-20-10-8-13/h1,3-4,11-13,17H,2,5-10H2,(H,18,19). The minimum atomic E-state index is 0.157. The van der Waals surface area contributed by atoms with Crippen molar-refractivity contribution in [1.29, 1.82) is 0 Å². The highest BCUT2D eigenvalue weighted by Gasteiger charge is 2.29. The summed E-state index contributed by atoms with van der Waals surface area (Å²) in [6, 6.07) is 8.47. The van der Waals surface area contributed by atoms with Crippen LogP contribution in [-0.4, -0.2) is 25.2 Å². The predicted molar refractivity (Wildman–Crippen MR) is 79.9 cm³/mol. The summed E-state index contributed by atoms with van der Waals surface area (Å²) < 4.78 is 5.48. The van der Waals surface area contributed by atoms with Crippen molar-refractivity contribution in [2.45, 2.75) is 38.1 Å². The number of nitrogens with one attached hydrogen (secondary N) is 2. The van der Waals surface area contributed by atoms with Crippen molar-refractivity contribution >= 4 is 17.3 Å². The summed E-state index contributed by atoms with van der Waals surface area (Å²) >= 11 is 0. The van der Waals surface area contributed by atoms with E-state index in [2.05, 4.69) is 16.7 Å². The first-order valence-corrected chi connectivity index (χ1v) is 7.56. The lowest BCUT2D eigenvalue weighted by atomic mass is 10.1. The Morgan fingerprint density at radius 1 is 1.10 bits per heavy atom. The zero-order valence-corrected chi connectivity index (χ0v) is 11.7. The van der Waals surface area contributed by atoms with Gasteiger partial charge in [-0.1, -0.05) is 6.07 Å². The van der Waals surface area contributed by atoms with Crippen molar-refractivity contribution in [3.8, 4) is 0 Å². The highest BCUT2D eigenvalue weighted by Crippen LogP contribution is 2.30. The minimum Gasteiger partial charge on any atom is -0.382 e. The van der Waals surface area contributed by atoms with Crippen LogP contribution in [0.1, 0.15) is 32.1 Å². The molecule has 1 aromatic rings. The molecule has 0 aromatic heterocycles. The molecule has 3 rings (SSSR count). The van der Waals surface area contributed by atoms with Crippen molar-refractivity contribution in [2.24, 2.45) is 5.92 Å². The molecule has 1 aliphatic heterocycles. The van der Waals surface area contributed by atoms with E-state index in [1.54, 1.807) is 0 Å². The number of amides is 1. The fraction of sp³-hybridized carbons (Fsp3) is 0.562. The van der Waals surface area contributed by atoms with Crippen LogP contribution < -0.4 is 10.6 Å². The third-order valence-electron chi connectivity index (χ3n) is 3.90. The average molecular weight is 274 g/mol. The van der Waals surface area contributed by atoms with Gasteiger partial charge in [0.05, 0.1) is 0 Å². The highest BCUT2D eigenvalue weighted by molar-refractivity contribution is 5.94. The Kier molecular flexibility index (Phi) is 4.21. The van der Waals surface area contributed by atoms with E-state index in [0.717, 1.165) is 56.7 Å². The maximum Gasteiger partial charge on any atom is 0.227 e. The number of anilines is 2. The highest BCUT2D eigenvalue weighted by atomic mass is 16.5. The molecule has 1 saturated heterocycles. The Labute approximate surface area is 119 Å². The van der Waals surface area contributed by atoms with Crippen molar-refractivity contribution in [3.63, 3.8) is 0 Å². The second kappa shape index (κ2) is 6.27. The summed E-state index contributed by atoms with van der Waals surface area (Å²) in [6.45, 7) is 1.70. The number of benzene rings is 1. The van der Waals surface area contributed by atoms with E-state index in [4.69, 9.17) is 4.74 Å². The molecule has 2 N–H and O–H groups in total. The van der Waals surface area contributed by atoms with E-state index in [1.807, 2.05) is 18.2 Å². The average Bonchev–Trinajstić information content (AvgIpc) is 3.27. The van der Waals surface area contributed by atoms with E-state index >= 15 is 0 Å². The van der Waals surface area contributed by atoms with Crippen LogP contribution in [0, 0.1) is 5.92 Å². The molecule has 4 nitrogen and oxygen atoms in total. The fourth-order valence-electron chi connectivity index (χ4n) is 2.56. The summed E-state index contributed by atoms with van der Waals surface area (Å²) in [7, 11) is 0. The third kappa shape index (κ3) is 3.73. The Balaban J connectivity index is 1.59. The molecule has 1 saturated carbocycles. The molecule has 1 aromatic carbocycles. The first kappa shape index (κ1) is 13.4. The van der Waals surface area contributed by atoms with Crippen LogP contribution in [-0.2, 0) is 9.53 Å². The van der Waals surface area contributed by atoms with Crippen LogP contribution in [0.3, 0.4) is 0 Å². The lowest BCUT2D eigenvalue weighted by Crippen LogP contribution is -2.19. The molecule has 1 amide bonds. The second-order valence-electron chi connectivity index (χ2n) is 5.73. The first-order chi connectivity index (χ1) is 9.81. The van der Waals surface area contributed by atoms with Crippen LogP contribution in [0.25, 0.3) is 0 Å². The van der Waals surface area contributed by atoms with E-state index in [-0.39, 0.29) is 11.8 Å². The van der Waals surface area contributed by atoms with Gasteiger partial charge in [-0.15, -0.1) is 0 Å². The molecule has 2 fully saturated rings. The summed E-state index contributed by atoms with van der Waals surface area (Å²) in [4.78, 5) is 11.8. The fourth-order valence-corrected chi connectivity index (χ4v) is 2.56. The van der Waals surface area contributed by atoms with Gasteiger partial charge < -0.3 is 15.4 Å². The maximum absolute atomic E-state index is 11.8. The lowest BCUT2D eigenvalue weighted by molar-refractivity contribution is -0.117. The smallest absolute Gasteiger partial charge is 0.227 e. The van der Waals surface area contributed by atoms with Gasteiger partial charge in [0, 0.05) is 36.5 Å². The molecule has 20 heavy (non-hydrogen) atoms.